The number of likely N-dealkylation sites (N-methyl/N-ethyl adjacent to an activating group) is 1. The van der Waals surface area contributed by atoms with Crippen LogP contribution in [-0.4, -0.2) is 56.1 Å². The molecule has 0 aliphatic carbocycles. The van der Waals surface area contributed by atoms with Crippen molar-refractivity contribution in [3.63, 3.8) is 0 Å². The van der Waals surface area contributed by atoms with Gasteiger partial charge in [0.1, 0.15) is 0 Å². The van der Waals surface area contributed by atoms with Gasteiger partial charge in [-0.3, -0.25) is 0 Å². The first kappa shape index (κ1) is 8.47. The van der Waals surface area contributed by atoms with E-state index < -0.39 is 10.0 Å². The van der Waals surface area contributed by atoms with E-state index in [0.717, 1.165) is 13.0 Å². The van der Waals surface area contributed by atoms with E-state index in [-0.39, 0.29) is 6.04 Å². The lowest BCUT2D eigenvalue weighted by Gasteiger charge is -2.29. The van der Waals surface area contributed by atoms with Crippen LogP contribution >= 0.6 is 0 Å². The summed E-state index contributed by atoms with van der Waals surface area (Å²) in [5.41, 5.74) is 0. The lowest BCUT2D eigenvalue weighted by molar-refractivity contribution is 0.217. The van der Waals surface area contributed by atoms with Gasteiger partial charge in [0.25, 0.3) is 0 Å². The van der Waals surface area contributed by atoms with Gasteiger partial charge in [-0.25, -0.2) is 8.42 Å². The molecule has 2 bridgehead atoms. The van der Waals surface area contributed by atoms with Crippen LogP contribution in [0.3, 0.4) is 0 Å². The van der Waals surface area contributed by atoms with Gasteiger partial charge in [-0.15, -0.1) is 0 Å². The van der Waals surface area contributed by atoms with Crippen molar-refractivity contribution in [2.45, 2.75) is 18.5 Å². The standard InChI is InChI=1S/C7H14N2O2S/c1-8-4-7-3-6(8)5-9(7)12(2,10)11/h6-7H,3-5H2,1-2H3. The molecule has 2 heterocycles. The van der Waals surface area contributed by atoms with Gasteiger partial charge in [0.05, 0.1) is 6.26 Å². The first-order chi connectivity index (χ1) is 5.48. The highest BCUT2D eigenvalue weighted by Crippen LogP contribution is 2.30. The van der Waals surface area contributed by atoms with Gasteiger partial charge in [-0.2, -0.15) is 4.31 Å². The molecule has 0 radical (unpaired) electrons. The van der Waals surface area contributed by atoms with Gasteiger partial charge >= 0.3 is 0 Å². The molecule has 2 atom stereocenters. The number of nitrogens with zero attached hydrogens (tertiary/aromatic N) is 2. The van der Waals surface area contributed by atoms with Gasteiger partial charge in [-0.1, -0.05) is 0 Å². The van der Waals surface area contributed by atoms with E-state index in [1.54, 1.807) is 4.31 Å². The monoisotopic (exact) mass is 190 g/mol. The highest BCUT2D eigenvalue weighted by Gasteiger charge is 2.45. The number of hydrogen-bond donors (Lipinski definition) is 0. The van der Waals surface area contributed by atoms with Crippen LogP contribution in [0.5, 0.6) is 0 Å². The summed E-state index contributed by atoms with van der Waals surface area (Å²) in [6, 6.07) is 0.708. The Kier molecular flexibility index (Phi) is 1.72. The minimum Gasteiger partial charge on any atom is -0.300 e. The molecule has 2 fully saturated rings. The normalized spacial score (nSPS) is 37.8. The van der Waals surface area contributed by atoms with Crippen molar-refractivity contribution in [1.29, 1.82) is 0 Å². The summed E-state index contributed by atoms with van der Waals surface area (Å²) in [7, 11) is -0.890. The summed E-state index contributed by atoms with van der Waals surface area (Å²) in [5.74, 6) is 0. The minimum absolute atomic E-state index is 0.245. The number of likely N-dealkylation sites (tertiary alicyclic amines) is 1. The maximum atomic E-state index is 11.2. The maximum Gasteiger partial charge on any atom is 0.211 e. The van der Waals surface area contributed by atoms with Crippen LogP contribution in [0.25, 0.3) is 0 Å². The zero-order valence-electron chi connectivity index (χ0n) is 7.40. The van der Waals surface area contributed by atoms with Crippen molar-refractivity contribution in [3.05, 3.63) is 0 Å². The molecule has 12 heavy (non-hydrogen) atoms. The van der Waals surface area contributed by atoms with Crippen LogP contribution < -0.4 is 0 Å². The fraction of sp³-hybridized carbons (Fsp3) is 1.00. The molecule has 2 aliphatic rings. The molecule has 0 saturated carbocycles. The molecule has 0 aromatic heterocycles. The Morgan fingerprint density at radius 3 is 2.25 bits per heavy atom. The van der Waals surface area contributed by atoms with Gasteiger partial charge in [-0.05, 0) is 13.5 Å². The average molecular weight is 190 g/mol. The smallest absolute Gasteiger partial charge is 0.211 e. The Morgan fingerprint density at radius 2 is 1.92 bits per heavy atom. The molecular weight excluding hydrogens is 176 g/mol. The van der Waals surface area contributed by atoms with Crippen molar-refractivity contribution in [3.8, 4) is 0 Å². The summed E-state index contributed by atoms with van der Waals surface area (Å²) >= 11 is 0. The third-order valence-electron chi connectivity index (χ3n) is 2.89. The van der Waals surface area contributed by atoms with Crippen LogP contribution in [0.2, 0.25) is 0 Å². The highest BCUT2D eigenvalue weighted by molar-refractivity contribution is 7.88. The topological polar surface area (TPSA) is 40.6 Å². The van der Waals surface area contributed by atoms with E-state index in [1.165, 1.54) is 6.26 Å². The van der Waals surface area contributed by atoms with Crippen LogP contribution in [-0.2, 0) is 10.0 Å². The largest absolute Gasteiger partial charge is 0.300 e. The average Bonchev–Trinajstić information content (AvgIpc) is 2.41. The minimum atomic E-state index is -2.95. The Labute approximate surface area is 73.2 Å². The second kappa shape index (κ2) is 2.43. The summed E-state index contributed by atoms with van der Waals surface area (Å²) in [5, 5.41) is 0. The van der Waals surface area contributed by atoms with Crippen molar-refractivity contribution in [1.82, 2.24) is 9.21 Å². The zero-order chi connectivity index (χ0) is 8.93. The summed E-state index contributed by atoms with van der Waals surface area (Å²) in [4.78, 5) is 2.24. The van der Waals surface area contributed by atoms with Crippen LogP contribution in [0.4, 0.5) is 0 Å². The second-order valence-corrected chi connectivity index (χ2v) is 5.75. The molecule has 70 valence electrons. The SMILES string of the molecule is CN1CC2CC1CN2S(C)(=O)=O. The molecule has 4 nitrogen and oxygen atoms in total. The van der Waals surface area contributed by atoms with Crippen molar-refractivity contribution < 1.29 is 8.42 Å². The molecule has 0 spiro atoms. The molecule has 2 rings (SSSR count). The fourth-order valence-corrected chi connectivity index (χ4v) is 3.37. The molecular formula is C7H14N2O2S. The molecule has 2 saturated heterocycles. The van der Waals surface area contributed by atoms with Crippen LogP contribution in [0.1, 0.15) is 6.42 Å². The van der Waals surface area contributed by atoms with Crippen molar-refractivity contribution >= 4 is 10.0 Å². The molecule has 5 heteroatoms. The second-order valence-electron chi connectivity index (χ2n) is 3.82. The van der Waals surface area contributed by atoms with Crippen LogP contribution in [0.15, 0.2) is 0 Å². The number of rotatable bonds is 1. The van der Waals surface area contributed by atoms with Crippen molar-refractivity contribution in [2.75, 3.05) is 26.4 Å². The highest BCUT2D eigenvalue weighted by atomic mass is 32.2. The Balaban J connectivity index is 2.18. The van der Waals surface area contributed by atoms with Gasteiger partial charge < -0.3 is 4.90 Å². The predicted molar refractivity (Wildman–Crippen MR) is 46.4 cm³/mol. The van der Waals surface area contributed by atoms with Crippen molar-refractivity contribution in [2.24, 2.45) is 0 Å². The number of fused-ring (bicyclic) bond motifs is 2. The molecule has 0 aromatic rings. The molecule has 2 unspecified atom stereocenters. The first-order valence-electron chi connectivity index (χ1n) is 4.15. The van der Waals surface area contributed by atoms with E-state index in [9.17, 15) is 8.42 Å². The molecule has 2 aliphatic heterocycles. The number of sulfonamides is 1. The third-order valence-corrected chi connectivity index (χ3v) is 4.19. The van der Waals surface area contributed by atoms with E-state index in [0.29, 0.717) is 12.6 Å². The van der Waals surface area contributed by atoms with E-state index in [1.807, 2.05) is 0 Å². The van der Waals surface area contributed by atoms with Gasteiger partial charge in [0, 0.05) is 25.2 Å². The summed E-state index contributed by atoms with van der Waals surface area (Å²) in [6.07, 6.45) is 2.32. The van der Waals surface area contributed by atoms with E-state index >= 15 is 0 Å². The van der Waals surface area contributed by atoms with E-state index in [2.05, 4.69) is 11.9 Å². The van der Waals surface area contributed by atoms with Crippen LogP contribution in [0, 0.1) is 0 Å². The Hall–Kier alpha value is -0.130. The zero-order valence-corrected chi connectivity index (χ0v) is 8.21. The lowest BCUT2D eigenvalue weighted by atomic mass is 10.2. The summed E-state index contributed by atoms with van der Waals surface area (Å²) in [6.45, 7) is 1.59. The van der Waals surface area contributed by atoms with E-state index in [4.69, 9.17) is 0 Å². The first-order valence-corrected chi connectivity index (χ1v) is 6.00. The Bertz CT molecular complexity index is 286. The quantitative estimate of drug-likeness (QED) is 0.551. The molecule has 0 amide bonds. The molecule has 0 aromatic carbocycles. The summed E-state index contributed by atoms with van der Waals surface area (Å²) < 4.78 is 24.1. The molecule has 0 N–H and O–H groups in total. The fourth-order valence-electron chi connectivity index (χ4n) is 2.24. The van der Waals surface area contributed by atoms with Gasteiger partial charge in [0.2, 0.25) is 10.0 Å². The lowest BCUT2D eigenvalue weighted by Crippen LogP contribution is -2.46. The predicted octanol–water partition coefficient (Wildman–Crippen LogP) is -0.666. The maximum absolute atomic E-state index is 11.2. The number of piperazine rings is 1. The third kappa shape index (κ3) is 1.16. The van der Waals surface area contributed by atoms with Gasteiger partial charge in [0.15, 0.2) is 0 Å². The Morgan fingerprint density at radius 1 is 1.25 bits per heavy atom. The number of hydrogen-bond acceptors (Lipinski definition) is 3.